The van der Waals surface area contributed by atoms with Gasteiger partial charge in [-0.3, -0.25) is 0 Å². The third-order valence-corrected chi connectivity index (χ3v) is 34.1. The smallest absolute Gasteiger partial charge is 0.252 e. The number of aryl methyl sites for hydroxylation is 4. The summed E-state index contributed by atoms with van der Waals surface area (Å²) >= 11 is 0. The molecule has 3 aliphatic carbocycles. The predicted octanol–water partition coefficient (Wildman–Crippen LogP) is 33.1. The van der Waals surface area contributed by atoms with Crippen molar-refractivity contribution in [1.82, 2.24) is 9.13 Å². The molecule has 0 amide bonds. The number of benzene rings is 15. The molecule has 24 rings (SSSR count). The van der Waals surface area contributed by atoms with E-state index in [4.69, 9.17) is 0 Å². The first-order valence-electron chi connectivity index (χ1n) is 53.1. The molecule has 17 aromatic rings. The van der Waals surface area contributed by atoms with Crippen LogP contribution in [-0.4, -0.2) is 22.6 Å². The summed E-state index contributed by atoms with van der Waals surface area (Å²) < 4.78 is 5.41. The second-order valence-corrected chi connectivity index (χ2v) is 52.0. The molecule has 7 aliphatic rings. The van der Waals surface area contributed by atoms with Crippen LogP contribution in [0.5, 0.6) is 0 Å². The number of fused-ring (bicyclic) bond motifs is 19. The fraction of sp³-hybridized carbons (Fsp3) is 0.309. The van der Waals surface area contributed by atoms with Gasteiger partial charge in [0.25, 0.3) is 13.4 Å². The van der Waals surface area contributed by atoms with Crippen molar-refractivity contribution >= 4 is 136 Å². The Labute approximate surface area is 858 Å². The monoisotopic (exact) mass is 1880 g/mol. The van der Waals surface area contributed by atoms with E-state index in [0.717, 1.165) is 40.5 Å². The van der Waals surface area contributed by atoms with Gasteiger partial charge >= 0.3 is 0 Å². The molecule has 0 bridgehead atoms. The lowest BCUT2D eigenvalue weighted by molar-refractivity contribution is 0.332. The summed E-state index contributed by atoms with van der Waals surface area (Å²) in [5.74, 6) is 0. The maximum Gasteiger partial charge on any atom is 0.252 e. The molecule has 0 spiro atoms. The molecule has 722 valence electrons. The van der Waals surface area contributed by atoms with E-state index in [9.17, 15) is 0 Å². The van der Waals surface area contributed by atoms with Gasteiger partial charge in [0.2, 0.25) is 0 Å². The Morgan fingerprint density at radius 2 is 0.597 bits per heavy atom. The summed E-state index contributed by atoms with van der Waals surface area (Å²) in [5, 5.41) is 2.78. The lowest BCUT2D eigenvalue weighted by atomic mass is 9.33. The molecule has 0 atom stereocenters. The zero-order chi connectivity index (χ0) is 102. The largest absolute Gasteiger partial charge is 0.311 e. The second kappa shape index (κ2) is 32.1. The third kappa shape index (κ3) is 14.6. The average Bonchev–Trinajstić information content (AvgIpc) is 1.48. The van der Waals surface area contributed by atoms with Crippen LogP contribution in [0.15, 0.2) is 291 Å². The normalized spacial score (nSPS) is 15.5. The molecular weight excluding hydrogens is 1740 g/mol. The van der Waals surface area contributed by atoms with Gasteiger partial charge in [-0.25, -0.2) is 0 Å². The Bertz CT molecular complexity index is 8090. The molecule has 0 fully saturated rings. The van der Waals surface area contributed by atoms with Crippen molar-refractivity contribution < 1.29 is 0 Å². The molecule has 4 aliphatic heterocycles. The van der Waals surface area contributed by atoms with Crippen molar-refractivity contribution in [3.05, 3.63) is 380 Å². The maximum absolute atomic E-state index is 2.72. The van der Waals surface area contributed by atoms with Gasteiger partial charge in [0.15, 0.2) is 0 Å². The van der Waals surface area contributed by atoms with Crippen molar-refractivity contribution in [2.45, 2.75) is 275 Å². The number of hydrogen-bond donors (Lipinski definition) is 0. The highest BCUT2D eigenvalue weighted by Crippen LogP contribution is 2.60. The Kier molecular flexibility index (Phi) is 21.0. The molecule has 0 saturated carbocycles. The van der Waals surface area contributed by atoms with Crippen LogP contribution in [0.25, 0.3) is 66.8 Å². The summed E-state index contributed by atoms with van der Waals surface area (Å²) in [6, 6.07) is 114. The molecule has 144 heavy (non-hydrogen) atoms. The Hall–Kier alpha value is -13.3. The summed E-state index contributed by atoms with van der Waals surface area (Å²) in [7, 11) is 0. The minimum atomic E-state index is -0.180. The molecule has 6 nitrogen and oxygen atoms in total. The molecule has 2 aromatic heterocycles. The van der Waals surface area contributed by atoms with Gasteiger partial charge in [0.1, 0.15) is 0 Å². The van der Waals surface area contributed by atoms with E-state index >= 15 is 0 Å². The van der Waals surface area contributed by atoms with E-state index in [2.05, 4.69) is 528 Å². The highest BCUT2D eigenvalue weighted by Gasteiger charge is 2.52. The zero-order valence-electron chi connectivity index (χ0n) is 91.0. The van der Waals surface area contributed by atoms with Gasteiger partial charge < -0.3 is 28.7 Å². The summed E-state index contributed by atoms with van der Waals surface area (Å²) in [6.45, 7) is 70.8. The minimum absolute atomic E-state index is 0.00970. The molecule has 8 heteroatoms. The lowest BCUT2D eigenvalue weighted by Gasteiger charge is -2.45. The quantitative estimate of drug-likeness (QED) is 0.134. The standard InChI is InChI=1S/C69H76BN3.C67H66BN3/c1-41-34-58-61-59(35-41)73-62-50(60-63(73)49-20-18-19-21-51(49)69(60,16)17)37-45(66(9,10)11)38-55(62)70(61)54-31-30-48(39-57(54)72(58)56-40-53-52(36-42(56)2)67(12,13)32-33-68(53,14)15)71(46-26-22-43(23-27-46)64(3,4)5)47-28-24-44(25-29-47)65(6,7)8;1-41-23-34-56(51(35-41)43-19-15-14-16-20-43)70-57-40-49(69(47-28-24-44(25-29-47)64(3,4)5)48-30-26-45(27-31-48)65(6,7)8)32-33-54(57)68-55-39-46(66(9,10)11)38-52-60-63(50-21-17-18-22-53(50)67(60,12)13)71(62(52)55)59-37-42(2)36-58(70)61(59)68/h18-31,34-40H,32-33H2,1-17H3;14-40H,1-13H3. The Morgan fingerprint density at radius 1 is 0.257 bits per heavy atom. The SMILES string of the molecule is Cc1cc2c3c(c1)-n1c4c(c5cc(C(C)(C)C)cc(c51)B3c1ccc(N(c3ccc(C(C)(C)C)cc3)c3ccc(C(C)(C)C)cc3)cc1N2c1cc2c(cc1C)C(C)(C)CCC2(C)C)C(C)(C)c1ccccc1-4.Cc1ccc(N2c3cc(N(c4ccc(C(C)(C)C)cc4)c4ccc(C(C)(C)C)cc4)ccc3B3c4c2cc(C)cc4-n2c4c(c5cc(C(C)(C)C)cc3c52)C(C)(C)c2ccccc2-4)c(-c2ccccc2)c1. The zero-order valence-corrected chi connectivity index (χ0v) is 91.0. The van der Waals surface area contributed by atoms with Crippen LogP contribution in [0.1, 0.15) is 282 Å². The number of nitrogens with zero attached hydrogens (tertiary/aromatic N) is 6. The van der Waals surface area contributed by atoms with Gasteiger partial charge in [-0.15, -0.1) is 0 Å². The highest BCUT2D eigenvalue weighted by atomic mass is 15.2. The summed E-state index contributed by atoms with van der Waals surface area (Å²) in [4.78, 5) is 10.3. The van der Waals surface area contributed by atoms with Crippen LogP contribution in [0.4, 0.5) is 68.2 Å². The first-order valence-corrected chi connectivity index (χ1v) is 53.1. The fourth-order valence-electron chi connectivity index (χ4n) is 26.0. The van der Waals surface area contributed by atoms with Crippen LogP contribution >= 0.6 is 0 Å². The van der Waals surface area contributed by atoms with Crippen LogP contribution in [0.3, 0.4) is 0 Å². The fourth-order valence-corrected chi connectivity index (χ4v) is 26.0. The molecule has 0 unspecified atom stereocenters. The molecular formula is C136H142B2N6. The van der Waals surface area contributed by atoms with Crippen molar-refractivity contribution in [2.75, 3.05) is 19.6 Å². The molecule has 0 saturated heterocycles. The molecule has 0 radical (unpaired) electrons. The van der Waals surface area contributed by atoms with Crippen molar-refractivity contribution in [2.24, 2.45) is 0 Å². The summed E-state index contributed by atoms with van der Waals surface area (Å²) in [5.41, 5.74) is 57.2. The van der Waals surface area contributed by atoms with Gasteiger partial charge in [0.05, 0.1) is 17.1 Å². The van der Waals surface area contributed by atoms with Crippen molar-refractivity contribution in [1.29, 1.82) is 0 Å². The molecule has 6 heterocycles. The van der Waals surface area contributed by atoms with Crippen LogP contribution in [0.2, 0.25) is 0 Å². The molecule has 15 aromatic carbocycles. The van der Waals surface area contributed by atoms with Crippen LogP contribution in [-0.2, 0) is 54.1 Å². The van der Waals surface area contributed by atoms with E-state index in [0.29, 0.717) is 0 Å². The lowest BCUT2D eigenvalue weighted by Crippen LogP contribution is -2.60. The maximum atomic E-state index is 2.72. The number of rotatable bonds is 9. The number of anilines is 12. The minimum Gasteiger partial charge on any atom is -0.311 e. The van der Waals surface area contributed by atoms with Gasteiger partial charge in [-0.05, 0) is 333 Å². The van der Waals surface area contributed by atoms with E-state index in [1.807, 2.05) is 0 Å². The number of aromatic nitrogens is 2. The Balaban J connectivity index is 0.000000160. The topological polar surface area (TPSA) is 22.8 Å². The second-order valence-electron chi connectivity index (χ2n) is 52.0. The summed E-state index contributed by atoms with van der Waals surface area (Å²) in [6.07, 6.45) is 2.35. The van der Waals surface area contributed by atoms with Crippen molar-refractivity contribution in [3.63, 3.8) is 0 Å². The average molecular weight is 1880 g/mol. The van der Waals surface area contributed by atoms with Gasteiger partial charge in [0, 0.05) is 123 Å². The third-order valence-electron chi connectivity index (χ3n) is 34.1. The van der Waals surface area contributed by atoms with Crippen LogP contribution < -0.4 is 52.4 Å². The highest BCUT2D eigenvalue weighted by molar-refractivity contribution is 7.01. The predicted molar refractivity (Wildman–Crippen MR) is 622 cm³/mol. The van der Waals surface area contributed by atoms with E-state index in [1.165, 1.54) is 229 Å². The van der Waals surface area contributed by atoms with Gasteiger partial charge in [-0.2, -0.15) is 0 Å². The van der Waals surface area contributed by atoms with Crippen molar-refractivity contribution in [3.8, 4) is 45.0 Å². The number of hydrogen-bond acceptors (Lipinski definition) is 4. The Morgan fingerprint density at radius 3 is 0.972 bits per heavy atom. The van der Waals surface area contributed by atoms with Crippen LogP contribution in [0, 0.1) is 27.7 Å². The first-order chi connectivity index (χ1) is 67.9. The van der Waals surface area contributed by atoms with E-state index in [-0.39, 0.29) is 67.6 Å². The van der Waals surface area contributed by atoms with E-state index < -0.39 is 0 Å². The van der Waals surface area contributed by atoms with Gasteiger partial charge in [-0.1, -0.05) is 349 Å². The first kappa shape index (κ1) is 94.3. The van der Waals surface area contributed by atoms with E-state index in [1.54, 1.807) is 0 Å². The molecule has 0 N–H and O–H groups in total.